The zero-order valence-electron chi connectivity index (χ0n) is 28.8. The molecule has 54 heavy (non-hydrogen) atoms. The van der Waals surface area contributed by atoms with Gasteiger partial charge in [0.05, 0.1) is 5.69 Å². The Morgan fingerprint density at radius 1 is 0.389 bits per heavy atom. The van der Waals surface area contributed by atoms with E-state index in [0.29, 0.717) is 17.5 Å². The average molecular weight is 709 g/mol. The van der Waals surface area contributed by atoms with E-state index in [-0.39, 0.29) is 0 Å². The zero-order chi connectivity index (χ0) is 35.6. The molecule has 0 atom stereocenters. The highest BCUT2D eigenvalue weighted by molar-refractivity contribution is 7.25. The largest absolute Gasteiger partial charge is 0.208 e. The number of thiophene rings is 1. The molecule has 11 rings (SSSR count). The molecule has 0 spiro atoms. The molecule has 0 aliphatic heterocycles. The lowest BCUT2D eigenvalue weighted by Gasteiger charge is -2.11. The molecule has 0 saturated heterocycles. The van der Waals surface area contributed by atoms with Gasteiger partial charge >= 0.3 is 0 Å². The van der Waals surface area contributed by atoms with Crippen molar-refractivity contribution in [1.29, 1.82) is 0 Å². The third-order valence-corrected chi connectivity index (χ3v) is 11.2. The van der Waals surface area contributed by atoms with Gasteiger partial charge in [-0.05, 0) is 69.8 Å². The predicted molar refractivity (Wildman–Crippen MR) is 222 cm³/mol. The number of fused-ring (bicyclic) bond motifs is 8. The van der Waals surface area contributed by atoms with Gasteiger partial charge in [0.1, 0.15) is 11.0 Å². The number of nitrogens with zero attached hydrogens (tertiary/aromatic N) is 6. The van der Waals surface area contributed by atoms with Gasteiger partial charge in [0.15, 0.2) is 17.5 Å². The van der Waals surface area contributed by atoms with Crippen molar-refractivity contribution in [2.75, 3.05) is 0 Å². The van der Waals surface area contributed by atoms with Gasteiger partial charge in [0.25, 0.3) is 0 Å². The third-order valence-electron chi connectivity index (χ3n) is 10.1. The summed E-state index contributed by atoms with van der Waals surface area (Å²) >= 11 is 1.79. The molecule has 7 heteroatoms. The van der Waals surface area contributed by atoms with E-state index in [9.17, 15) is 0 Å². The number of hydrogen-bond acceptors (Lipinski definition) is 6. The van der Waals surface area contributed by atoms with E-state index in [1.807, 2.05) is 42.5 Å². The van der Waals surface area contributed by atoms with Crippen molar-refractivity contribution in [1.82, 2.24) is 29.9 Å². The number of rotatable bonds is 5. The van der Waals surface area contributed by atoms with Crippen LogP contribution in [0.5, 0.6) is 0 Å². The maximum Gasteiger partial charge on any atom is 0.164 e. The summed E-state index contributed by atoms with van der Waals surface area (Å²) in [6.45, 7) is 0. The minimum absolute atomic E-state index is 0.607. The second-order valence-electron chi connectivity index (χ2n) is 13.4. The van der Waals surface area contributed by atoms with Crippen LogP contribution in [0.1, 0.15) is 0 Å². The van der Waals surface area contributed by atoms with Crippen LogP contribution in [0.2, 0.25) is 0 Å². The molecule has 0 unspecified atom stereocenters. The molecular formula is C47H28N6S. The second-order valence-corrected chi connectivity index (χ2v) is 14.5. The summed E-state index contributed by atoms with van der Waals surface area (Å²) in [6.07, 6.45) is 0. The van der Waals surface area contributed by atoms with E-state index in [0.717, 1.165) is 66.1 Å². The zero-order valence-corrected chi connectivity index (χ0v) is 29.6. The molecule has 0 aliphatic carbocycles. The fourth-order valence-electron chi connectivity index (χ4n) is 7.43. The summed E-state index contributed by atoms with van der Waals surface area (Å²) in [5, 5.41) is 16.7. The molecule has 0 aliphatic rings. The van der Waals surface area contributed by atoms with E-state index in [1.165, 1.54) is 20.2 Å². The van der Waals surface area contributed by atoms with Crippen LogP contribution in [0.15, 0.2) is 170 Å². The monoisotopic (exact) mass is 708 g/mol. The van der Waals surface area contributed by atoms with Crippen molar-refractivity contribution in [2.24, 2.45) is 0 Å². The summed E-state index contributed by atoms with van der Waals surface area (Å²) in [7, 11) is 0. The number of aromatic nitrogens is 6. The third kappa shape index (κ3) is 5.13. The van der Waals surface area contributed by atoms with Gasteiger partial charge in [-0.3, -0.25) is 0 Å². The highest BCUT2D eigenvalue weighted by Gasteiger charge is 2.17. The average Bonchev–Trinajstić information content (AvgIpc) is 3.86. The summed E-state index contributed by atoms with van der Waals surface area (Å²) in [6, 6.07) is 58.9. The first-order valence-electron chi connectivity index (χ1n) is 17.8. The molecule has 0 saturated carbocycles. The first-order chi connectivity index (χ1) is 26.7. The Morgan fingerprint density at radius 2 is 1.00 bits per heavy atom. The maximum atomic E-state index is 5.18. The normalized spacial score (nSPS) is 11.7. The van der Waals surface area contributed by atoms with Crippen molar-refractivity contribution < 1.29 is 0 Å². The van der Waals surface area contributed by atoms with Crippen molar-refractivity contribution >= 4 is 64.1 Å². The SMILES string of the molecule is c1ccc(-c2cccc(-c3nc(-c4ccc5c(c4)sc4ccccc45)nc(-c4ccc5ccc6ccc7nn(-c8ccccc8)nc7c6c5c4)n3)c2)cc1. The first-order valence-corrected chi connectivity index (χ1v) is 18.7. The van der Waals surface area contributed by atoms with Crippen LogP contribution in [-0.4, -0.2) is 29.9 Å². The topological polar surface area (TPSA) is 69.4 Å². The first kappa shape index (κ1) is 30.5. The summed E-state index contributed by atoms with van der Waals surface area (Å²) in [5.41, 5.74) is 7.62. The Bertz CT molecular complexity index is 3220. The molecule has 0 fully saturated rings. The van der Waals surface area contributed by atoms with Crippen LogP contribution in [0.25, 0.3) is 104 Å². The Balaban J connectivity index is 1.12. The van der Waals surface area contributed by atoms with Crippen molar-refractivity contribution in [3.05, 3.63) is 170 Å². The minimum atomic E-state index is 0.607. The van der Waals surface area contributed by atoms with Crippen LogP contribution in [0.3, 0.4) is 0 Å². The number of benzene rings is 8. The Labute approximate surface area is 313 Å². The van der Waals surface area contributed by atoms with Crippen LogP contribution in [0, 0.1) is 0 Å². The molecule has 8 aromatic carbocycles. The van der Waals surface area contributed by atoms with Gasteiger partial charge in [-0.1, -0.05) is 127 Å². The van der Waals surface area contributed by atoms with Crippen LogP contribution in [0.4, 0.5) is 0 Å². The lowest BCUT2D eigenvalue weighted by atomic mass is 9.98. The van der Waals surface area contributed by atoms with Crippen LogP contribution in [-0.2, 0) is 0 Å². The van der Waals surface area contributed by atoms with Gasteiger partial charge < -0.3 is 0 Å². The van der Waals surface area contributed by atoms with Crippen molar-refractivity contribution in [3.8, 4) is 51.0 Å². The summed E-state index contributed by atoms with van der Waals surface area (Å²) in [5.74, 6) is 1.86. The summed E-state index contributed by atoms with van der Waals surface area (Å²) in [4.78, 5) is 17.2. The van der Waals surface area contributed by atoms with Crippen LogP contribution >= 0.6 is 11.3 Å². The molecule has 11 aromatic rings. The fourth-order valence-corrected chi connectivity index (χ4v) is 8.57. The molecule has 0 radical (unpaired) electrons. The second kappa shape index (κ2) is 12.3. The van der Waals surface area contributed by atoms with Crippen molar-refractivity contribution in [2.45, 2.75) is 0 Å². The van der Waals surface area contributed by atoms with Gasteiger partial charge in [-0.15, -0.1) is 21.5 Å². The minimum Gasteiger partial charge on any atom is -0.208 e. The molecule has 0 bridgehead atoms. The Hall–Kier alpha value is -7.09. The lowest BCUT2D eigenvalue weighted by Crippen LogP contribution is -2.00. The molecule has 3 heterocycles. The van der Waals surface area contributed by atoms with Gasteiger partial charge in [0.2, 0.25) is 0 Å². The van der Waals surface area contributed by atoms with Crippen LogP contribution < -0.4 is 0 Å². The smallest absolute Gasteiger partial charge is 0.164 e. The van der Waals surface area contributed by atoms with Gasteiger partial charge in [0, 0.05) is 42.2 Å². The molecule has 252 valence electrons. The quantitative estimate of drug-likeness (QED) is 0.166. The maximum absolute atomic E-state index is 5.18. The Morgan fingerprint density at radius 3 is 1.83 bits per heavy atom. The predicted octanol–water partition coefficient (Wildman–Crippen LogP) is 11.9. The Kier molecular flexibility index (Phi) is 6.93. The highest BCUT2D eigenvalue weighted by Crippen LogP contribution is 2.38. The number of para-hydroxylation sites is 1. The molecule has 0 N–H and O–H groups in total. The van der Waals surface area contributed by atoms with E-state index in [4.69, 9.17) is 25.1 Å². The molecular weight excluding hydrogens is 681 g/mol. The molecule has 3 aromatic heterocycles. The highest BCUT2D eigenvalue weighted by atomic mass is 32.1. The molecule has 6 nitrogen and oxygen atoms in total. The van der Waals surface area contributed by atoms with E-state index >= 15 is 0 Å². The van der Waals surface area contributed by atoms with Crippen molar-refractivity contribution in [3.63, 3.8) is 0 Å². The lowest BCUT2D eigenvalue weighted by molar-refractivity contribution is 0.766. The summed E-state index contributed by atoms with van der Waals surface area (Å²) < 4.78 is 2.47. The van der Waals surface area contributed by atoms with Gasteiger partial charge in [-0.25, -0.2) is 15.0 Å². The number of hydrogen-bond donors (Lipinski definition) is 0. The standard InChI is InChI=1S/C47H28N6S/c1-3-10-29(11-4-1)32-12-9-13-33(26-32)45-48-46(50-47(49-45)35-22-24-38-37-16-7-8-17-41(37)54-42(38)28-35)34-21-19-30-18-20-31-23-25-40-44(43(31)39(30)27-34)52-53(51-40)36-14-5-2-6-15-36/h1-28H. The molecule has 0 amide bonds. The van der Waals surface area contributed by atoms with E-state index in [2.05, 4.69) is 127 Å². The fraction of sp³-hybridized carbons (Fsp3) is 0. The van der Waals surface area contributed by atoms with E-state index < -0.39 is 0 Å². The van der Waals surface area contributed by atoms with E-state index in [1.54, 1.807) is 16.1 Å². The van der Waals surface area contributed by atoms with Gasteiger partial charge in [-0.2, -0.15) is 4.80 Å².